The molecular formula is C18H17N3O2S. The summed E-state index contributed by atoms with van der Waals surface area (Å²) < 4.78 is 5.34. The molecule has 1 aromatic carbocycles. The van der Waals surface area contributed by atoms with Gasteiger partial charge in [-0.15, -0.1) is 11.3 Å². The molecule has 24 heavy (non-hydrogen) atoms. The first-order valence-electron chi connectivity index (χ1n) is 7.71. The van der Waals surface area contributed by atoms with Crippen LogP contribution in [0.2, 0.25) is 0 Å². The van der Waals surface area contributed by atoms with Crippen LogP contribution in [0, 0.1) is 6.92 Å². The number of pyridine rings is 1. The third kappa shape index (κ3) is 2.44. The normalized spacial score (nSPS) is 16.6. The minimum absolute atomic E-state index is 0.0679. The van der Waals surface area contributed by atoms with Crippen molar-refractivity contribution in [2.45, 2.75) is 19.7 Å². The molecule has 2 N–H and O–H groups in total. The van der Waals surface area contributed by atoms with E-state index in [1.165, 1.54) is 11.3 Å². The maximum atomic E-state index is 12.6. The van der Waals surface area contributed by atoms with E-state index >= 15 is 0 Å². The van der Waals surface area contributed by atoms with E-state index in [0.29, 0.717) is 11.5 Å². The van der Waals surface area contributed by atoms with Gasteiger partial charge in [0.15, 0.2) is 0 Å². The van der Waals surface area contributed by atoms with Crippen LogP contribution in [0.25, 0.3) is 10.2 Å². The molecule has 0 unspecified atom stereocenters. The van der Waals surface area contributed by atoms with Gasteiger partial charge in [0, 0.05) is 18.2 Å². The first kappa shape index (κ1) is 15.1. The van der Waals surface area contributed by atoms with Gasteiger partial charge >= 0.3 is 0 Å². The number of nitrogens with one attached hydrogen (secondary N) is 2. The van der Waals surface area contributed by atoms with Crippen LogP contribution in [0.5, 0.6) is 0 Å². The maximum absolute atomic E-state index is 12.6. The molecular weight excluding hydrogens is 322 g/mol. The second-order valence-electron chi connectivity index (χ2n) is 5.80. The third-order valence-corrected chi connectivity index (χ3v) is 5.16. The van der Waals surface area contributed by atoms with Crippen molar-refractivity contribution in [1.29, 1.82) is 0 Å². The van der Waals surface area contributed by atoms with Crippen LogP contribution in [0.15, 0.2) is 36.4 Å². The molecule has 3 heterocycles. The largest absolute Gasteiger partial charge is 0.380 e. The molecule has 1 aliphatic rings. The van der Waals surface area contributed by atoms with E-state index < -0.39 is 0 Å². The molecule has 5 nitrogen and oxygen atoms in total. The van der Waals surface area contributed by atoms with Crippen molar-refractivity contribution >= 4 is 33.1 Å². The minimum atomic E-state index is -0.249. The number of benzene rings is 1. The summed E-state index contributed by atoms with van der Waals surface area (Å²) in [5.41, 5.74) is 3.84. The lowest BCUT2D eigenvalue weighted by atomic mass is 10.1. The highest BCUT2D eigenvalue weighted by atomic mass is 32.1. The van der Waals surface area contributed by atoms with Gasteiger partial charge in [0.2, 0.25) is 0 Å². The number of ether oxygens (including phenoxy) is 1. The van der Waals surface area contributed by atoms with Gasteiger partial charge < -0.3 is 15.4 Å². The van der Waals surface area contributed by atoms with Crippen molar-refractivity contribution in [3.63, 3.8) is 0 Å². The van der Waals surface area contributed by atoms with Gasteiger partial charge in [0.05, 0.1) is 12.3 Å². The number of aromatic nitrogens is 1. The number of anilines is 1. The fourth-order valence-electron chi connectivity index (χ4n) is 3.07. The maximum Gasteiger partial charge on any atom is 0.265 e. The van der Waals surface area contributed by atoms with Crippen molar-refractivity contribution in [2.75, 3.05) is 12.4 Å². The molecule has 122 valence electrons. The first-order valence-corrected chi connectivity index (χ1v) is 8.53. The predicted molar refractivity (Wildman–Crippen MR) is 95.3 cm³/mol. The van der Waals surface area contributed by atoms with Crippen LogP contribution in [0.3, 0.4) is 0 Å². The van der Waals surface area contributed by atoms with Crippen molar-refractivity contribution in [1.82, 2.24) is 10.3 Å². The Balaban J connectivity index is 1.87. The number of hydrogen-bond acceptors (Lipinski definition) is 5. The van der Waals surface area contributed by atoms with Crippen LogP contribution in [-0.2, 0) is 11.3 Å². The van der Waals surface area contributed by atoms with Gasteiger partial charge in [0.1, 0.15) is 15.9 Å². The van der Waals surface area contributed by atoms with Crippen molar-refractivity contribution < 1.29 is 9.53 Å². The highest BCUT2D eigenvalue weighted by Gasteiger charge is 2.30. The monoisotopic (exact) mass is 339 g/mol. The first-order chi connectivity index (χ1) is 11.7. The zero-order chi connectivity index (χ0) is 16.7. The number of aryl methyl sites for hydroxylation is 1. The number of rotatable bonds is 3. The summed E-state index contributed by atoms with van der Waals surface area (Å²) in [6, 6.07) is 11.9. The topological polar surface area (TPSA) is 63.2 Å². The third-order valence-electron chi connectivity index (χ3n) is 4.07. The van der Waals surface area contributed by atoms with E-state index in [0.717, 1.165) is 32.7 Å². The van der Waals surface area contributed by atoms with Gasteiger partial charge in [0.25, 0.3) is 5.91 Å². The Morgan fingerprint density at radius 2 is 2.04 bits per heavy atom. The Bertz CT molecular complexity index is 921. The summed E-state index contributed by atoms with van der Waals surface area (Å²) in [6.07, 6.45) is -0.249. The number of fused-ring (bicyclic) bond motifs is 3. The van der Waals surface area contributed by atoms with E-state index in [4.69, 9.17) is 4.74 Å². The zero-order valence-electron chi connectivity index (χ0n) is 13.4. The van der Waals surface area contributed by atoms with Crippen LogP contribution in [0.4, 0.5) is 5.69 Å². The lowest BCUT2D eigenvalue weighted by Gasteiger charge is -2.26. The minimum Gasteiger partial charge on any atom is -0.380 e. The molecule has 0 saturated heterocycles. The van der Waals surface area contributed by atoms with Gasteiger partial charge in [-0.3, -0.25) is 4.79 Å². The predicted octanol–water partition coefficient (Wildman–Crippen LogP) is 3.61. The quantitative estimate of drug-likeness (QED) is 0.765. The van der Waals surface area contributed by atoms with E-state index in [-0.39, 0.29) is 12.1 Å². The number of amides is 1. The molecule has 0 radical (unpaired) electrons. The molecule has 3 aromatic rings. The molecule has 1 atom stereocenters. The summed E-state index contributed by atoms with van der Waals surface area (Å²) in [7, 11) is 1.67. The van der Waals surface area contributed by atoms with Crippen LogP contribution in [0.1, 0.15) is 32.7 Å². The average Bonchev–Trinajstić information content (AvgIpc) is 2.95. The second kappa shape index (κ2) is 5.89. The van der Waals surface area contributed by atoms with E-state index in [9.17, 15) is 4.79 Å². The van der Waals surface area contributed by atoms with Crippen LogP contribution < -0.4 is 10.6 Å². The number of hydrogen-bond donors (Lipinski definition) is 2. The Labute approximate surface area is 143 Å². The summed E-state index contributed by atoms with van der Waals surface area (Å²) in [6.45, 7) is 2.44. The molecule has 4 rings (SSSR count). The summed E-state index contributed by atoms with van der Waals surface area (Å²) in [5.74, 6) is -0.0679. The molecule has 1 amide bonds. The molecule has 1 aliphatic heterocycles. The number of methoxy groups -OCH3 is 1. The van der Waals surface area contributed by atoms with Gasteiger partial charge in [-0.25, -0.2) is 4.98 Å². The van der Waals surface area contributed by atoms with E-state index in [2.05, 4.69) is 15.6 Å². The van der Waals surface area contributed by atoms with E-state index in [1.807, 2.05) is 43.3 Å². The summed E-state index contributed by atoms with van der Waals surface area (Å²) in [5, 5.41) is 7.47. The van der Waals surface area contributed by atoms with Gasteiger partial charge in [-0.05, 0) is 24.1 Å². The standard InChI is InChI=1S/C18H17N3O2S/c1-10-8-12(9-23-2)13-14-15(24-18(13)19-10)17(22)21-16(20-14)11-6-4-3-5-7-11/h3-8,16,20H,9H2,1-2H3,(H,21,22)/t16-/m1/s1. The van der Waals surface area contributed by atoms with Crippen molar-refractivity contribution in [3.05, 3.63) is 58.1 Å². The van der Waals surface area contributed by atoms with Crippen LogP contribution in [-0.4, -0.2) is 18.0 Å². The van der Waals surface area contributed by atoms with Crippen molar-refractivity contribution in [2.24, 2.45) is 0 Å². The van der Waals surface area contributed by atoms with E-state index in [1.54, 1.807) is 7.11 Å². The fourth-order valence-corrected chi connectivity index (χ4v) is 4.20. The lowest BCUT2D eigenvalue weighted by Crippen LogP contribution is -2.37. The van der Waals surface area contributed by atoms with Gasteiger partial charge in [-0.2, -0.15) is 0 Å². The number of carbonyl (C=O) groups is 1. The molecule has 0 saturated carbocycles. The number of nitrogens with zero attached hydrogens (tertiary/aromatic N) is 1. The molecule has 0 bridgehead atoms. The van der Waals surface area contributed by atoms with Crippen LogP contribution >= 0.6 is 11.3 Å². The zero-order valence-corrected chi connectivity index (χ0v) is 14.2. The molecule has 0 aliphatic carbocycles. The number of thiophene rings is 1. The fraction of sp³-hybridized carbons (Fsp3) is 0.222. The lowest BCUT2D eigenvalue weighted by molar-refractivity contribution is 0.0940. The number of carbonyl (C=O) groups excluding carboxylic acids is 1. The molecule has 0 spiro atoms. The molecule has 2 aromatic heterocycles. The molecule has 6 heteroatoms. The second-order valence-corrected chi connectivity index (χ2v) is 6.80. The average molecular weight is 339 g/mol. The van der Waals surface area contributed by atoms with Crippen molar-refractivity contribution in [3.8, 4) is 0 Å². The summed E-state index contributed by atoms with van der Waals surface area (Å²) >= 11 is 1.42. The Morgan fingerprint density at radius 3 is 2.79 bits per heavy atom. The molecule has 0 fully saturated rings. The summed E-state index contributed by atoms with van der Waals surface area (Å²) in [4.78, 5) is 18.7. The Kier molecular flexibility index (Phi) is 3.70. The highest BCUT2D eigenvalue weighted by Crippen LogP contribution is 2.41. The van der Waals surface area contributed by atoms with Gasteiger partial charge in [-0.1, -0.05) is 30.3 Å². The Hall–Kier alpha value is -2.44. The smallest absolute Gasteiger partial charge is 0.265 e. The SMILES string of the molecule is COCc1cc(C)nc2sc3c(c12)N[C@@H](c1ccccc1)NC3=O. The highest BCUT2D eigenvalue weighted by molar-refractivity contribution is 7.21. The Morgan fingerprint density at radius 1 is 1.25 bits per heavy atom.